The van der Waals surface area contributed by atoms with E-state index in [9.17, 15) is 13.2 Å². The third-order valence-corrected chi connectivity index (χ3v) is 7.25. The standard InChI is InChI=1S/C24H26N2O4S/c1-30-22-9-6-19(7-10-22)21-13-15-26(17-21)24(27)12-14-25-31(28,29)23-11-8-18-4-2-3-5-20(18)16-23/h2-11,16,21,25H,12-15,17H2,1H3. The molecule has 0 saturated carbocycles. The van der Waals surface area contributed by atoms with Crippen molar-refractivity contribution in [3.63, 3.8) is 0 Å². The third-order valence-electron chi connectivity index (χ3n) is 5.79. The third kappa shape index (κ3) is 4.89. The summed E-state index contributed by atoms with van der Waals surface area (Å²) in [5.74, 6) is 1.08. The van der Waals surface area contributed by atoms with Gasteiger partial charge in [-0.2, -0.15) is 0 Å². The Kier molecular flexibility index (Phi) is 6.25. The lowest BCUT2D eigenvalue weighted by Gasteiger charge is -2.17. The first-order chi connectivity index (χ1) is 15.0. The van der Waals surface area contributed by atoms with Crippen LogP contribution in [0.15, 0.2) is 71.6 Å². The molecule has 1 amide bonds. The molecule has 0 spiro atoms. The molecular formula is C24H26N2O4S. The Morgan fingerprint density at radius 3 is 2.55 bits per heavy atom. The van der Waals surface area contributed by atoms with Gasteiger partial charge in [-0.15, -0.1) is 0 Å². The van der Waals surface area contributed by atoms with Gasteiger partial charge in [0.05, 0.1) is 12.0 Å². The lowest BCUT2D eigenvalue weighted by Crippen LogP contribution is -2.33. The number of nitrogens with zero attached hydrogens (tertiary/aromatic N) is 1. The first kappa shape index (κ1) is 21.3. The van der Waals surface area contributed by atoms with Crippen LogP contribution in [0.1, 0.15) is 24.3 Å². The normalized spacial score (nSPS) is 16.5. The van der Waals surface area contributed by atoms with Crippen LogP contribution < -0.4 is 9.46 Å². The number of hydrogen-bond acceptors (Lipinski definition) is 4. The quantitative estimate of drug-likeness (QED) is 0.612. The van der Waals surface area contributed by atoms with E-state index in [2.05, 4.69) is 4.72 Å². The maximum atomic E-state index is 12.6. The number of carbonyl (C=O) groups excluding carboxylic acids is 1. The van der Waals surface area contributed by atoms with Crippen LogP contribution in [0.3, 0.4) is 0 Å². The highest BCUT2D eigenvalue weighted by Gasteiger charge is 2.27. The molecular weight excluding hydrogens is 412 g/mol. The number of likely N-dealkylation sites (tertiary alicyclic amines) is 1. The summed E-state index contributed by atoms with van der Waals surface area (Å²) in [5, 5.41) is 1.85. The van der Waals surface area contributed by atoms with Gasteiger partial charge in [-0.25, -0.2) is 13.1 Å². The fraction of sp³-hybridized carbons (Fsp3) is 0.292. The van der Waals surface area contributed by atoms with Gasteiger partial charge in [0.2, 0.25) is 15.9 Å². The van der Waals surface area contributed by atoms with E-state index in [1.807, 2.05) is 53.4 Å². The van der Waals surface area contributed by atoms with E-state index in [4.69, 9.17) is 4.74 Å². The average Bonchev–Trinajstić information content (AvgIpc) is 3.29. The molecule has 1 unspecified atom stereocenters. The molecule has 6 nitrogen and oxygen atoms in total. The number of hydrogen-bond donors (Lipinski definition) is 1. The summed E-state index contributed by atoms with van der Waals surface area (Å²) in [4.78, 5) is 14.6. The first-order valence-corrected chi connectivity index (χ1v) is 11.8. The van der Waals surface area contributed by atoms with Crippen LogP contribution >= 0.6 is 0 Å². The number of methoxy groups -OCH3 is 1. The van der Waals surface area contributed by atoms with Crippen molar-refractivity contribution >= 4 is 26.7 Å². The van der Waals surface area contributed by atoms with Gasteiger partial charge in [-0.1, -0.05) is 42.5 Å². The van der Waals surface area contributed by atoms with Crippen LogP contribution in [0.4, 0.5) is 0 Å². The number of rotatable bonds is 7. The Bertz CT molecular complexity index is 1180. The smallest absolute Gasteiger partial charge is 0.240 e. The van der Waals surface area contributed by atoms with Crippen molar-refractivity contribution in [3.8, 4) is 5.75 Å². The van der Waals surface area contributed by atoms with E-state index in [0.29, 0.717) is 19.0 Å². The van der Waals surface area contributed by atoms with Crippen LogP contribution in [0.25, 0.3) is 10.8 Å². The van der Waals surface area contributed by atoms with Crippen LogP contribution in [0, 0.1) is 0 Å². The molecule has 3 aromatic carbocycles. The number of carbonyl (C=O) groups is 1. The monoisotopic (exact) mass is 438 g/mol. The second kappa shape index (κ2) is 9.08. The molecule has 1 saturated heterocycles. The number of nitrogens with one attached hydrogen (secondary N) is 1. The van der Waals surface area contributed by atoms with E-state index in [-0.39, 0.29) is 23.8 Å². The van der Waals surface area contributed by atoms with E-state index in [1.165, 1.54) is 5.56 Å². The van der Waals surface area contributed by atoms with Crippen LogP contribution in [0.5, 0.6) is 5.75 Å². The molecule has 7 heteroatoms. The molecule has 1 fully saturated rings. The number of amides is 1. The van der Waals surface area contributed by atoms with E-state index >= 15 is 0 Å². The Balaban J connectivity index is 1.31. The van der Waals surface area contributed by atoms with Gasteiger partial charge in [0, 0.05) is 32.0 Å². The molecule has 1 N–H and O–H groups in total. The van der Waals surface area contributed by atoms with Crippen molar-refractivity contribution in [2.24, 2.45) is 0 Å². The molecule has 162 valence electrons. The summed E-state index contributed by atoms with van der Waals surface area (Å²) in [6.45, 7) is 1.42. The molecule has 0 radical (unpaired) electrons. The summed E-state index contributed by atoms with van der Waals surface area (Å²) in [7, 11) is -2.03. The number of benzene rings is 3. The van der Waals surface area contributed by atoms with Crippen molar-refractivity contribution in [1.82, 2.24) is 9.62 Å². The van der Waals surface area contributed by atoms with E-state index < -0.39 is 10.0 Å². The second-order valence-corrected chi connectivity index (χ2v) is 9.52. The number of fused-ring (bicyclic) bond motifs is 1. The molecule has 1 heterocycles. The fourth-order valence-electron chi connectivity index (χ4n) is 4.00. The Labute approximate surface area is 182 Å². The van der Waals surface area contributed by atoms with Crippen LogP contribution in [-0.2, 0) is 14.8 Å². The summed E-state index contributed by atoms with van der Waals surface area (Å²) in [5.41, 5.74) is 1.19. The lowest BCUT2D eigenvalue weighted by atomic mass is 9.98. The largest absolute Gasteiger partial charge is 0.497 e. The van der Waals surface area contributed by atoms with Crippen molar-refractivity contribution in [3.05, 3.63) is 72.3 Å². The van der Waals surface area contributed by atoms with Gasteiger partial charge in [0.25, 0.3) is 0 Å². The lowest BCUT2D eigenvalue weighted by molar-refractivity contribution is -0.130. The maximum absolute atomic E-state index is 12.6. The Hall–Kier alpha value is -2.90. The summed E-state index contributed by atoms with van der Waals surface area (Å²) >= 11 is 0. The van der Waals surface area contributed by atoms with E-state index in [0.717, 1.165) is 22.9 Å². The average molecular weight is 439 g/mol. The molecule has 1 aliphatic rings. The highest BCUT2D eigenvalue weighted by atomic mass is 32.2. The van der Waals surface area contributed by atoms with Gasteiger partial charge < -0.3 is 9.64 Å². The highest BCUT2D eigenvalue weighted by Crippen LogP contribution is 2.28. The van der Waals surface area contributed by atoms with E-state index in [1.54, 1.807) is 25.3 Å². The summed E-state index contributed by atoms with van der Waals surface area (Å²) in [6.07, 6.45) is 1.04. The predicted molar refractivity (Wildman–Crippen MR) is 121 cm³/mol. The highest BCUT2D eigenvalue weighted by molar-refractivity contribution is 7.89. The molecule has 0 aromatic heterocycles. The maximum Gasteiger partial charge on any atom is 0.240 e. The molecule has 0 aliphatic carbocycles. The first-order valence-electron chi connectivity index (χ1n) is 10.4. The molecule has 3 aromatic rings. The Morgan fingerprint density at radius 2 is 1.81 bits per heavy atom. The minimum Gasteiger partial charge on any atom is -0.497 e. The van der Waals surface area contributed by atoms with Crippen molar-refractivity contribution in [2.45, 2.75) is 23.7 Å². The molecule has 1 atom stereocenters. The van der Waals surface area contributed by atoms with Gasteiger partial charge in [0.1, 0.15) is 5.75 Å². The van der Waals surface area contributed by atoms with Gasteiger partial charge in [-0.3, -0.25) is 4.79 Å². The van der Waals surface area contributed by atoms with Gasteiger partial charge >= 0.3 is 0 Å². The number of ether oxygens (including phenoxy) is 1. The fourth-order valence-corrected chi connectivity index (χ4v) is 5.07. The SMILES string of the molecule is COc1ccc(C2CCN(C(=O)CCNS(=O)(=O)c3ccc4ccccc4c3)C2)cc1. The van der Waals surface area contributed by atoms with Crippen molar-refractivity contribution in [2.75, 3.05) is 26.7 Å². The zero-order valence-electron chi connectivity index (χ0n) is 17.5. The topological polar surface area (TPSA) is 75.7 Å². The van der Waals surface area contributed by atoms with Crippen molar-refractivity contribution < 1.29 is 17.9 Å². The predicted octanol–water partition coefficient (Wildman–Crippen LogP) is 3.53. The molecule has 0 bridgehead atoms. The van der Waals surface area contributed by atoms with Crippen molar-refractivity contribution in [1.29, 1.82) is 0 Å². The minimum absolute atomic E-state index is 0.0303. The molecule has 1 aliphatic heterocycles. The number of sulfonamides is 1. The zero-order valence-corrected chi connectivity index (χ0v) is 18.3. The van der Waals surface area contributed by atoms with Crippen LogP contribution in [-0.4, -0.2) is 46.0 Å². The van der Waals surface area contributed by atoms with Crippen LogP contribution in [0.2, 0.25) is 0 Å². The molecule has 4 rings (SSSR count). The minimum atomic E-state index is -3.66. The summed E-state index contributed by atoms with van der Waals surface area (Å²) < 4.78 is 33.0. The van der Waals surface area contributed by atoms with Gasteiger partial charge in [0.15, 0.2) is 0 Å². The second-order valence-electron chi connectivity index (χ2n) is 7.76. The zero-order chi connectivity index (χ0) is 21.8. The Morgan fingerprint density at radius 1 is 1.06 bits per heavy atom. The van der Waals surface area contributed by atoms with Gasteiger partial charge in [-0.05, 0) is 47.0 Å². The molecule has 31 heavy (non-hydrogen) atoms. The summed E-state index contributed by atoms with van der Waals surface area (Å²) in [6, 6.07) is 20.6.